The molecule has 3 aromatic rings. The Bertz CT molecular complexity index is 825. The van der Waals surface area contributed by atoms with Gasteiger partial charge in [0.15, 0.2) is 5.82 Å². The Morgan fingerprint density at radius 1 is 1.24 bits per heavy atom. The van der Waals surface area contributed by atoms with Crippen LogP contribution in [0.25, 0.3) is 5.69 Å². The highest BCUT2D eigenvalue weighted by molar-refractivity contribution is 6.99. The van der Waals surface area contributed by atoms with Crippen molar-refractivity contribution in [3.63, 3.8) is 0 Å². The molecular formula is C17H18N6OS. The first-order chi connectivity index (χ1) is 12.3. The molecule has 0 unspecified atom stereocenters. The highest BCUT2D eigenvalue weighted by atomic mass is 32.1. The largest absolute Gasteiger partial charge is 0.354 e. The highest BCUT2D eigenvalue weighted by Gasteiger charge is 2.22. The molecule has 1 amide bonds. The van der Waals surface area contributed by atoms with Crippen LogP contribution in [0.2, 0.25) is 0 Å². The van der Waals surface area contributed by atoms with Crippen LogP contribution in [0.4, 0.5) is 5.82 Å². The van der Waals surface area contributed by atoms with E-state index in [0.29, 0.717) is 5.56 Å². The summed E-state index contributed by atoms with van der Waals surface area (Å²) < 4.78 is 10.1. The van der Waals surface area contributed by atoms with E-state index in [9.17, 15) is 4.79 Å². The maximum absolute atomic E-state index is 12.6. The minimum absolute atomic E-state index is 0.0391. The van der Waals surface area contributed by atoms with E-state index in [2.05, 4.69) is 24.1 Å². The summed E-state index contributed by atoms with van der Waals surface area (Å²) in [5.74, 6) is 0.893. The molecule has 0 spiro atoms. The third kappa shape index (κ3) is 3.53. The molecule has 0 radical (unpaired) electrons. The average Bonchev–Trinajstić information content (AvgIpc) is 3.36. The summed E-state index contributed by atoms with van der Waals surface area (Å²) >= 11 is 1.22. The van der Waals surface area contributed by atoms with Gasteiger partial charge in [0.25, 0.3) is 5.91 Å². The number of rotatable bonds is 4. The average molecular weight is 354 g/mol. The smallest absolute Gasteiger partial charge is 0.251 e. The van der Waals surface area contributed by atoms with E-state index in [4.69, 9.17) is 0 Å². The number of aromatic nitrogens is 4. The normalized spacial score (nSPS) is 15.3. The zero-order chi connectivity index (χ0) is 17.1. The topological polar surface area (TPSA) is 75.9 Å². The van der Waals surface area contributed by atoms with Crippen LogP contribution in [-0.4, -0.2) is 43.6 Å². The minimum Gasteiger partial charge on any atom is -0.354 e. The molecule has 25 heavy (non-hydrogen) atoms. The van der Waals surface area contributed by atoms with Crippen molar-refractivity contribution in [1.82, 2.24) is 23.8 Å². The van der Waals surface area contributed by atoms with Gasteiger partial charge in [-0.25, -0.2) is 4.68 Å². The summed E-state index contributed by atoms with van der Waals surface area (Å²) in [5, 5.41) is 7.35. The van der Waals surface area contributed by atoms with Crippen LogP contribution in [0.3, 0.4) is 0 Å². The first kappa shape index (κ1) is 15.8. The van der Waals surface area contributed by atoms with Crippen molar-refractivity contribution >= 4 is 23.5 Å². The summed E-state index contributed by atoms with van der Waals surface area (Å²) in [5.41, 5.74) is 1.53. The Hall–Kier alpha value is -2.74. The third-order valence-corrected chi connectivity index (χ3v) is 4.85. The number of carbonyl (C=O) groups excluding carboxylic acids is 1. The lowest BCUT2D eigenvalue weighted by Crippen LogP contribution is -2.44. The highest BCUT2D eigenvalue weighted by Crippen LogP contribution is 2.18. The second-order valence-electron chi connectivity index (χ2n) is 6.00. The minimum atomic E-state index is -0.0391. The molecule has 4 rings (SSSR count). The Balaban J connectivity index is 1.37. The van der Waals surface area contributed by atoms with Gasteiger partial charge >= 0.3 is 0 Å². The number of carbonyl (C=O) groups is 1. The maximum atomic E-state index is 12.6. The number of anilines is 1. The van der Waals surface area contributed by atoms with Gasteiger partial charge in [-0.3, -0.25) is 4.79 Å². The predicted molar refractivity (Wildman–Crippen MR) is 96.2 cm³/mol. The van der Waals surface area contributed by atoms with Gasteiger partial charge in [-0.2, -0.15) is 13.8 Å². The van der Waals surface area contributed by atoms with Gasteiger partial charge in [0.2, 0.25) is 0 Å². The molecule has 0 atom stereocenters. The van der Waals surface area contributed by atoms with E-state index in [-0.39, 0.29) is 11.9 Å². The van der Waals surface area contributed by atoms with Crippen molar-refractivity contribution in [2.45, 2.75) is 18.9 Å². The van der Waals surface area contributed by atoms with E-state index < -0.39 is 0 Å². The van der Waals surface area contributed by atoms with Crippen LogP contribution in [0.15, 0.2) is 48.9 Å². The van der Waals surface area contributed by atoms with E-state index in [0.717, 1.165) is 37.4 Å². The summed E-state index contributed by atoms with van der Waals surface area (Å²) in [4.78, 5) is 14.8. The second kappa shape index (κ2) is 7.02. The van der Waals surface area contributed by atoms with Crippen molar-refractivity contribution in [3.8, 4) is 5.69 Å². The fourth-order valence-electron chi connectivity index (χ4n) is 3.03. The second-order valence-corrected chi connectivity index (χ2v) is 6.56. The van der Waals surface area contributed by atoms with Gasteiger partial charge < -0.3 is 10.2 Å². The maximum Gasteiger partial charge on any atom is 0.251 e. The zero-order valence-electron chi connectivity index (χ0n) is 13.6. The van der Waals surface area contributed by atoms with E-state index >= 15 is 0 Å². The quantitative estimate of drug-likeness (QED) is 0.777. The van der Waals surface area contributed by atoms with Crippen LogP contribution >= 0.6 is 11.7 Å². The Labute approximate surface area is 149 Å². The fourth-order valence-corrected chi connectivity index (χ4v) is 3.47. The number of hydrogen-bond donors (Lipinski definition) is 1. The molecule has 1 fully saturated rings. The molecule has 3 heterocycles. The van der Waals surface area contributed by atoms with E-state index in [1.807, 2.05) is 36.5 Å². The van der Waals surface area contributed by atoms with Gasteiger partial charge in [-0.1, -0.05) is 6.07 Å². The molecule has 1 aliphatic rings. The van der Waals surface area contributed by atoms with Crippen molar-refractivity contribution in [3.05, 3.63) is 54.5 Å². The Morgan fingerprint density at radius 3 is 2.84 bits per heavy atom. The van der Waals surface area contributed by atoms with Gasteiger partial charge in [0.05, 0.1) is 23.6 Å². The Kier molecular flexibility index (Phi) is 4.43. The van der Waals surface area contributed by atoms with E-state index in [1.54, 1.807) is 17.1 Å². The lowest BCUT2D eigenvalue weighted by atomic mass is 10.0. The van der Waals surface area contributed by atoms with Gasteiger partial charge in [-0.15, -0.1) is 0 Å². The van der Waals surface area contributed by atoms with Crippen molar-refractivity contribution in [2.24, 2.45) is 0 Å². The number of nitrogens with one attached hydrogen (secondary N) is 1. The van der Waals surface area contributed by atoms with Crippen LogP contribution in [0.1, 0.15) is 23.2 Å². The monoisotopic (exact) mass is 354 g/mol. The van der Waals surface area contributed by atoms with Crippen molar-refractivity contribution < 1.29 is 4.79 Å². The molecule has 0 aliphatic carbocycles. The summed E-state index contributed by atoms with van der Waals surface area (Å²) in [7, 11) is 0. The van der Waals surface area contributed by atoms with E-state index in [1.165, 1.54) is 11.7 Å². The summed E-state index contributed by atoms with van der Waals surface area (Å²) in [6, 6.07) is 9.55. The van der Waals surface area contributed by atoms with Gasteiger partial charge in [0.1, 0.15) is 0 Å². The number of hydrogen-bond acceptors (Lipinski definition) is 6. The van der Waals surface area contributed by atoms with Gasteiger partial charge in [0, 0.05) is 37.1 Å². The zero-order valence-corrected chi connectivity index (χ0v) is 14.4. The summed E-state index contributed by atoms with van der Waals surface area (Å²) in [6.07, 6.45) is 7.19. The molecular weight excluding hydrogens is 336 g/mol. The standard InChI is InChI=1S/C17H18N6OS/c24-17(13-3-1-4-15(11-13)23-8-2-7-18-23)20-14-5-9-22(10-6-14)16-12-19-25-21-16/h1-4,7-8,11-12,14H,5-6,9-10H2,(H,20,24). The molecule has 128 valence electrons. The van der Waals surface area contributed by atoms with Crippen LogP contribution in [0, 0.1) is 0 Å². The first-order valence-electron chi connectivity index (χ1n) is 8.23. The Morgan fingerprint density at radius 2 is 2.12 bits per heavy atom. The lowest BCUT2D eigenvalue weighted by molar-refractivity contribution is 0.0931. The fraction of sp³-hybridized carbons (Fsp3) is 0.294. The van der Waals surface area contributed by atoms with Gasteiger partial charge in [-0.05, 0) is 37.1 Å². The number of amides is 1. The van der Waals surface area contributed by atoms with Crippen LogP contribution in [0.5, 0.6) is 0 Å². The van der Waals surface area contributed by atoms with Crippen molar-refractivity contribution in [1.29, 1.82) is 0 Å². The molecule has 7 nitrogen and oxygen atoms in total. The molecule has 0 saturated carbocycles. The number of benzene rings is 1. The lowest BCUT2D eigenvalue weighted by Gasteiger charge is -2.32. The van der Waals surface area contributed by atoms with Crippen LogP contribution < -0.4 is 10.2 Å². The SMILES string of the molecule is O=C(NC1CCN(c2cnsn2)CC1)c1cccc(-n2cccn2)c1. The predicted octanol–water partition coefficient (Wildman–Crippen LogP) is 2.12. The molecule has 0 bridgehead atoms. The molecule has 1 N–H and O–H groups in total. The molecule has 1 aromatic carbocycles. The molecule has 8 heteroatoms. The van der Waals surface area contributed by atoms with Crippen LogP contribution in [-0.2, 0) is 0 Å². The number of piperidine rings is 1. The third-order valence-electron chi connectivity index (χ3n) is 4.38. The number of nitrogens with zero attached hydrogens (tertiary/aromatic N) is 5. The molecule has 2 aromatic heterocycles. The van der Waals surface area contributed by atoms with Crippen molar-refractivity contribution in [2.75, 3.05) is 18.0 Å². The first-order valence-corrected chi connectivity index (χ1v) is 8.96. The molecule has 1 saturated heterocycles. The summed E-state index contributed by atoms with van der Waals surface area (Å²) in [6.45, 7) is 1.76. The molecule has 1 aliphatic heterocycles.